The smallest absolute Gasteiger partial charge is 0.433 e. The molecule has 35 heavy (non-hydrogen) atoms. The Morgan fingerprint density at radius 1 is 1.00 bits per heavy atom. The van der Waals surface area contributed by atoms with Gasteiger partial charge in [0.2, 0.25) is 5.13 Å². The number of hydrogen-bond acceptors (Lipinski definition) is 5. The monoisotopic (exact) mass is 494 g/mol. The zero-order valence-corrected chi connectivity index (χ0v) is 19.0. The van der Waals surface area contributed by atoms with Crippen molar-refractivity contribution in [3.8, 4) is 16.6 Å². The number of nitrogens with zero attached hydrogens (tertiary/aromatic N) is 3. The molecule has 5 aromatic rings. The van der Waals surface area contributed by atoms with Crippen LogP contribution in [0.25, 0.3) is 15.3 Å². The predicted octanol–water partition coefficient (Wildman–Crippen LogP) is 6.73. The molecule has 5 rings (SSSR count). The number of fused-ring (bicyclic) bond motifs is 1. The van der Waals surface area contributed by atoms with Gasteiger partial charge in [0, 0.05) is 0 Å². The summed E-state index contributed by atoms with van der Waals surface area (Å²) >= 11 is 1.11. The molecule has 0 radical (unpaired) electrons. The average Bonchev–Trinajstić information content (AvgIpc) is 3.42. The third kappa shape index (κ3) is 4.47. The van der Waals surface area contributed by atoms with E-state index in [9.17, 15) is 18.0 Å². The summed E-state index contributed by atoms with van der Waals surface area (Å²) in [5, 5.41) is 2.31. The molecular weight excluding hydrogens is 477 g/mol. The van der Waals surface area contributed by atoms with E-state index in [1.807, 2.05) is 6.07 Å². The number of hydrogen-bond donors (Lipinski definition) is 1. The molecule has 0 aliphatic rings. The van der Waals surface area contributed by atoms with E-state index in [0.29, 0.717) is 17.0 Å². The minimum atomic E-state index is -4.81. The maximum absolute atomic E-state index is 13.9. The van der Waals surface area contributed by atoms with Crippen LogP contribution in [0.1, 0.15) is 18.2 Å². The molecule has 0 unspecified atom stereocenters. The number of ether oxygens (including phenoxy) is 1. The van der Waals surface area contributed by atoms with Gasteiger partial charge in [-0.3, -0.25) is 9.89 Å². The van der Waals surface area contributed by atoms with Gasteiger partial charge in [0.05, 0.1) is 21.5 Å². The number of para-hydroxylation sites is 4. The van der Waals surface area contributed by atoms with Crippen molar-refractivity contribution in [1.29, 1.82) is 0 Å². The number of thiazole rings is 1. The Balaban J connectivity index is 1.61. The Morgan fingerprint density at radius 2 is 1.69 bits per heavy atom. The van der Waals surface area contributed by atoms with E-state index in [4.69, 9.17) is 4.74 Å². The lowest BCUT2D eigenvalue weighted by Crippen LogP contribution is -2.20. The van der Waals surface area contributed by atoms with Gasteiger partial charge in [-0.1, -0.05) is 53.8 Å². The van der Waals surface area contributed by atoms with Gasteiger partial charge in [0.1, 0.15) is 11.4 Å². The van der Waals surface area contributed by atoms with Gasteiger partial charge < -0.3 is 4.74 Å². The van der Waals surface area contributed by atoms with Gasteiger partial charge in [0.25, 0.3) is 5.56 Å². The molecule has 6 nitrogen and oxygen atoms in total. The quantitative estimate of drug-likeness (QED) is 0.276. The van der Waals surface area contributed by atoms with Gasteiger partial charge >= 0.3 is 6.18 Å². The van der Waals surface area contributed by atoms with Crippen molar-refractivity contribution in [1.82, 2.24) is 14.8 Å². The number of aliphatic imine (C=N–C) groups is 1. The molecule has 0 saturated carbocycles. The fourth-order valence-corrected chi connectivity index (χ4v) is 4.48. The first-order valence-electron chi connectivity index (χ1n) is 10.5. The van der Waals surface area contributed by atoms with Crippen molar-refractivity contribution in [3.05, 3.63) is 100 Å². The minimum absolute atomic E-state index is 0.105. The van der Waals surface area contributed by atoms with Crippen molar-refractivity contribution in [2.24, 2.45) is 4.99 Å². The zero-order valence-electron chi connectivity index (χ0n) is 18.2. The molecule has 0 atom stereocenters. The fraction of sp³-hybridized carbons (Fsp3) is 0.0800. The summed E-state index contributed by atoms with van der Waals surface area (Å²) in [4.78, 5) is 21.9. The Morgan fingerprint density at radius 3 is 2.43 bits per heavy atom. The molecule has 3 aromatic carbocycles. The lowest BCUT2D eigenvalue weighted by Gasteiger charge is -2.09. The zero-order chi connectivity index (χ0) is 24.6. The van der Waals surface area contributed by atoms with E-state index in [1.165, 1.54) is 6.92 Å². The van der Waals surface area contributed by atoms with Crippen LogP contribution in [0.5, 0.6) is 11.5 Å². The van der Waals surface area contributed by atoms with Crippen molar-refractivity contribution < 1.29 is 17.9 Å². The number of aromatic nitrogens is 3. The largest absolute Gasteiger partial charge is 0.455 e. The lowest BCUT2D eigenvalue weighted by molar-refractivity contribution is -0.141. The number of benzene rings is 3. The van der Waals surface area contributed by atoms with Crippen LogP contribution in [-0.4, -0.2) is 20.5 Å². The molecule has 2 aromatic heterocycles. The molecule has 10 heteroatoms. The van der Waals surface area contributed by atoms with Crippen LogP contribution in [0, 0.1) is 0 Å². The summed E-state index contributed by atoms with van der Waals surface area (Å²) in [6.45, 7) is 1.36. The molecule has 0 aliphatic carbocycles. The summed E-state index contributed by atoms with van der Waals surface area (Å²) in [5.41, 5.74) is -1.90. The van der Waals surface area contributed by atoms with Crippen LogP contribution in [0.4, 0.5) is 18.9 Å². The van der Waals surface area contributed by atoms with E-state index in [2.05, 4.69) is 15.1 Å². The van der Waals surface area contributed by atoms with Gasteiger partial charge in [0.15, 0.2) is 11.4 Å². The highest BCUT2D eigenvalue weighted by Gasteiger charge is 2.39. The van der Waals surface area contributed by atoms with Crippen molar-refractivity contribution in [3.63, 3.8) is 0 Å². The van der Waals surface area contributed by atoms with Crippen molar-refractivity contribution in [2.75, 3.05) is 0 Å². The van der Waals surface area contributed by atoms with Crippen LogP contribution in [0.2, 0.25) is 0 Å². The normalized spacial score (nSPS) is 12.3. The number of nitrogens with one attached hydrogen (secondary N) is 1. The van der Waals surface area contributed by atoms with Gasteiger partial charge in [-0.05, 0) is 43.3 Å². The van der Waals surface area contributed by atoms with Crippen LogP contribution in [0.3, 0.4) is 0 Å². The first-order chi connectivity index (χ1) is 16.8. The Bertz CT molecular complexity index is 1570. The van der Waals surface area contributed by atoms with Crippen molar-refractivity contribution >= 4 is 33.0 Å². The van der Waals surface area contributed by atoms with Gasteiger partial charge in [-0.2, -0.15) is 17.9 Å². The first kappa shape index (κ1) is 22.6. The van der Waals surface area contributed by atoms with Crippen LogP contribution in [0.15, 0.2) is 88.6 Å². The second-order valence-corrected chi connectivity index (χ2v) is 8.55. The van der Waals surface area contributed by atoms with Crippen LogP contribution >= 0.6 is 11.3 Å². The fourth-order valence-electron chi connectivity index (χ4n) is 3.56. The Hall–Kier alpha value is -4.18. The second kappa shape index (κ2) is 8.88. The average molecular weight is 494 g/mol. The molecule has 0 spiro atoms. The Kier molecular flexibility index (Phi) is 5.73. The van der Waals surface area contributed by atoms with E-state index in [0.717, 1.165) is 20.7 Å². The SMILES string of the molecule is CC(=Nc1ccccc1Oc1ccccc1)c1c(C(F)(F)F)[nH]n(-c2nc3ccccc3s2)c1=O. The molecule has 0 saturated heterocycles. The highest BCUT2D eigenvalue weighted by Crippen LogP contribution is 2.34. The molecular formula is C25H17F3N4O2S. The van der Waals surface area contributed by atoms with E-state index < -0.39 is 23.0 Å². The summed E-state index contributed by atoms with van der Waals surface area (Å²) in [6, 6.07) is 22.7. The Labute approximate surface area is 201 Å². The second-order valence-electron chi connectivity index (χ2n) is 7.54. The number of alkyl halides is 3. The summed E-state index contributed by atoms with van der Waals surface area (Å²) in [7, 11) is 0. The van der Waals surface area contributed by atoms with Crippen LogP contribution < -0.4 is 10.3 Å². The number of aromatic amines is 1. The number of rotatable bonds is 5. The number of H-pyrrole nitrogens is 1. The third-order valence-corrected chi connectivity index (χ3v) is 6.16. The maximum atomic E-state index is 13.9. The standard InChI is InChI=1S/C25H17F3N4O2S/c1-15(29-17-11-5-7-13-19(17)34-16-9-3-2-4-10-16)21-22(25(26,27)28)31-32(23(21)33)24-30-18-12-6-8-14-20(18)35-24/h2-14,31H,1H3. The first-order valence-corrected chi connectivity index (χ1v) is 11.3. The molecule has 0 fully saturated rings. The van der Waals surface area contributed by atoms with Gasteiger partial charge in [-0.25, -0.2) is 9.98 Å². The molecule has 0 bridgehead atoms. The maximum Gasteiger partial charge on any atom is 0.433 e. The highest BCUT2D eigenvalue weighted by molar-refractivity contribution is 7.20. The predicted molar refractivity (Wildman–Crippen MR) is 129 cm³/mol. The molecule has 0 aliphatic heterocycles. The molecule has 1 N–H and O–H groups in total. The van der Waals surface area contributed by atoms with E-state index in [1.54, 1.807) is 72.8 Å². The third-order valence-electron chi connectivity index (χ3n) is 5.13. The van der Waals surface area contributed by atoms with Gasteiger partial charge in [-0.15, -0.1) is 0 Å². The summed E-state index contributed by atoms with van der Waals surface area (Å²) in [6.07, 6.45) is -4.81. The molecule has 0 amide bonds. The van der Waals surface area contributed by atoms with Crippen molar-refractivity contribution in [2.45, 2.75) is 13.1 Å². The topological polar surface area (TPSA) is 72.3 Å². The summed E-state index contributed by atoms with van der Waals surface area (Å²) < 4.78 is 49.3. The van der Waals surface area contributed by atoms with E-state index >= 15 is 0 Å². The summed E-state index contributed by atoms with van der Waals surface area (Å²) in [5.74, 6) is 0.886. The highest BCUT2D eigenvalue weighted by atomic mass is 32.1. The molecule has 2 heterocycles. The number of halogens is 3. The van der Waals surface area contributed by atoms with Crippen LogP contribution in [-0.2, 0) is 6.18 Å². The van der Waals surface area contributed by atoms with E-state index in [-0.39, 0.29) is 16.5 Å². The molecule has 176 valence electrons. The minimum Gasteiger partial charge on any atom is -0.455 e. The lowest BCUT2D eigenvalue weighted by atomic mass is 10.1.